The molecular weight excluding hydrogens is 380 g/mol. The van der Waals surface area contributed by atoms with Crippen LogP contribution in [0.25, 0.3) is 6.08 Å². The Morgan fingerprint density at radius 3 is 2.30 bits per heavy atom. The topological polar surface area (TPSA) is 85.4 Å². The molecule has 0 aliphatic carbocycles. The van der Waals surface area contributed by atoms with Crippen LogP contribution >= 0.6 is 0 Å². The lowest BCUT2D eigenvalue weighted by molar-refractivity contribution is -0.111. The molecule has 1 heterocycles. The Labute approximate surface area is 175 Å². The van der Waals surface area contributed by atoms with Crippen molar-refractivity contribution in [3.63, 3.8) is 0 Å². The molecule has 7 nitrogen and oxygen atoms in total. The second-order valence-corrected chi connectivity index (χ2v) is 6.62. The molecule has 3 rings (SSSR count). The fourth-order valence-corrected chi connectivity index (χ4v) is 2.90. The number of rotatable bonds is 7. The summed E-state index contributed by atoms with van der Waals surface area (Å²) in [4.78, 5) is 21.1. The second-order valence-electron chi connectivity index (χ2n) is 6.62. The SMILES string of the molecule is COc1ccc(/C=C/C(=O)Nc2cccc(Nc3nc(C)cc(C)n3)c2)cc1OC. The maximum Gasteiger partial charge on any atom is 0.248 e. The summed E-state index contributed by atoms with van der Waals surface area (Å²) in [5, 5.41) is 6.01. The van der Waals surface area contributed by atoms with Gasteiger partial charge in [0.2, 0.25) is 11.9 Å². The number of anilines is 3. The van der Waals surface area contributed by atoms with Gasteiger partial charge in [-0.25, -0.2) is 9.97 Å². The highest BCUT2D eigenvalue weighted by molar-refractivity contribution is 6.02. The Bertz CT molecular complexity index is 1060. The first-order chi connectivity index (χ1) is 14.5. The van der Waals surface area contributed by atoms with Crippen LogP contribution < -0.4 is 20.1 Å². The highest BCUT2D eigenvalue weighted by Crippen LogP contribution is 2.28. The van der Waals surface area contributed by atoms with E-state index in [1.807, 2.05) is 50.2 Å². The third-order valence-corrected chi connectivity index (χ3v) is 4.20. The average Bonchev–Trinajstić information content (AvgIpc) is 2.71. The summed E-state index contributed by atoms with van der Waals surface area (Å²) in [5.74, 6) is 1.51. The lowest BCUT2D eigenvalue weighted by Gasteiger charge is -2.09. The van der Waals surface area contributed by atoms with Gasteiger partial charge in [0.25, 0.3) is 0 Å². The smallest absolute Gasteiger partial charge is 0.248 e. The van der Waals surface area contributed by atoms with E-state index in [-0.39, 0.29) is 5.91 Å². The molecule has 2 N–H and O–H groups in total. The number of nitrogens with one attached hydrogen (secondary N) is 2. The van der Waals surface area contributed by atoms with Crippen LogP contribution in [0, 0.1) is 13.8 Å². The van der Waals surface area contributed by atoms with Gasteiger partial charge in [0.15, 0.2) is 11.5 Å². The predicted molar refractivity (Wildman–Crippen MR) is 118 cm³/mol. The summed E-state index contributed by atoms with van der Waals surface area (Å²) in [6, 6.07) is 14.7. The third kappa shape index (κ3) is 5.57. The summed E-state index contributed by atoms with van der Waals surface area (Å²) in [5.41, 5.74) is 4.03. The van der Waals surface area contributed by atoms with Crippen LogP contribution in [-0.4, -0.2) is 30.1 Å². The number of aromatic nitrogens is 2. The summed E-state index contributed by atoms with van der Waals surface area (Å²) in [6.07, 6.45) is 3.18. The van der Waals surface area contributed by atoms with Crippen molar-refractivity contribution >= 4 is 29.3 Å². The Morgan fingerprint density at radius 2 is 1.60 bits per heavy atom. The molecule has 154 valence electrons. The number of hydrogen-bond donors (Lipinski definition) is 2. The Kier molecular flexibility index (Phi) is 6.64. The third-order valence-electron chi connectivity index (χ3n) is 4.20. The van der Waals surface area contributed by atoms with E-state index in [4.69, 9.17) is 9.47 Å². The summed E-state index contributed by atoms with van der Waals surface area (Å²) < 4.78 is 10.5. The summed E-state index contributed by atoms with van der Waals surface area (Å²) in [7, 11) is 3.15. The van der Waals surface area contributed by atoms with Crippen molar-refractivity contribution in [3.8, 4) is 11.5 Å². The fourth-order valence-electron chi connectivity index (χ4n) is 2.90. The van der Waals surface area contributed by atoms with Gasteiger partial charge >= 0.3 is 0 Å². The van der Waals surface area contributed by atoms with E-state index >= 15 is 0 Å². The van der Waals surface area contributed by atoms with E-state index in [1.165, 1.54) is 6.08 Å². The van der Waals surface area contributed by atoms with Crippen molar-refractivity contribution in [2.45, 2.75) is 13.8 Å². The number of aryl methyl sites for hydroxylation is 2. The first-order valence-electron chi connectivity index (χ1n) is 9.37. The van der Waals surface area contributed by atoms with Gasteiger partial charge in [0.1, 0.15) is 0 Å². The van der Waals surface area contributed by atoms with Crippen LogP contribution in [0.3, 0.4) is 0 Å². The monoisotopic (exact) mass is 404 g/mol. The summed E-state index contributed by atoms with van der Waals surface area (Å²) >= 11 is 0. The van der Waals surface area contributed by atoms with Gasteiger partial charge in [-0.15, -0.1) is 0 Å². The zero-order valence-corrected chi connectivity index (χ0v) is 17.4. The van der Waals surface area contributed by atoms with Gasteiger partial charge in [0, 0.05) is 28.8 Å². The van der Waals surface area contributed by atoms with Crippen molar-refractivity contribution in [2.24, 2.45) is 0 Å². The lowest BCUT2D eigenvalue weighted by Crippen LogP contribution is -2.08. The maximum atomic E-state index is 12.3. The second kappa shape index (κ2) is 9.56. The Hall–Kier alpha value is -3.87. The quantitative estimate of drug-likeness (QED) is 0.564. The standard InChI is InChI=1S/C23H24N4O3/c1-15-12-16(2)25-23(24-15)27-19-7-5-6-18(14-19)26-22(28)11-9-17-8-10-20(29-3)21(13-17)30-4/h5-14H,1-4H3,(H,26,28)(H,24,25,27)/b11-9+. The van der Waals surface area contributed by atoms with Crippen molar-refractivity contribution in [3.05, 3.63) is 71.6 Å². The molecule has 0 fully saturated rings. The van der Waals surface area contributed by atoms with E-state index in [9.17, 15) is 4.79 Å². The zero-order valence-electron chi connectivity index (χ0n) is 17.4. The molecule has 7 heteroatoms. The number of carbonyl (C=O) groups excluding carboxylic acids is 1. The molecule has 0 aliphatic heterocycles. The average molecular weight is 404 g/mol. The minimum atomic E-state index is -0.246. The molecule has 0 bridgehead atoms. The van der Waals surface area contributed by atoms with Crippen molar-refractivity contribution in [1.82, 2.24) is 9.97 Å². The molecule has 3 aromatic rings. The fraction of sp³-hybridized carbons (Fsp3) is 0.174. The molecule has 0 unspecified atom stereocenters. The number of nitrogens with zero attached hydrogens (tertiary/aromatic N) is 2. The summed E-state index contributed by atoms with van der Waals surface area (Å²) in [6.45, 7) is 3.84. The van der Waals surface area contributed by atoms with E-state index in [2.05, 4.69) is 20.6 Å². The molecule has 1 amide bonds. The number of amides is 1. The van der Waals surface area contributed by atoms with Gasteiger partial charge in [-0.05, 0) is 61.9 Å². The van der Waals surface area contributed by atoms with Gasteiger partial charge in [-0.1, -0.05) is 12.1 Å². The van der Waals surface area contributed by atoms with Crippen molar-refractivity contribution < 1.29 is 14.3 Å². The van der Waals surface area contributed by atoms with Gasteiger partial charge < -0.3 is 20.1 Å². The number of ether oxygens (including phenoxy) is 2. The lowest BCUT2D eigenvalue weighted by atomic mass is 10.2. The van der Waals surface area contributed by atoms with Crippen molar-refractivity contribution in [2.75, 3.05) is 24.9 Å². The minimum Gasteiger partial charge on any atom is -0.493 e. The minimum absolute atomic E-state index is 0.246. The van der Waals surface area contributed by atoms with Gasteiger partial charge in [0.05, 0.1) is 14.2 Å². The first kappa shape index (κ1) is 20.9. The molecule has 30 heavy (non-hydrogen) atoms. The van der Waals surface area contributed by atoms with Gasteiger partial charge in [-0.3, -0.25) is 4.79 Å². The Morgan fingerprint density at radius 1 is 0.900 bits per heavy atom. The zero-order chi connectivity index (χ0) is 21.5. The normalized spacial score (nSPS) is 10.7. The number of carbonyl (C=O) groups is 1. The number of benzene rings is 2. The number of methoxy groups -OCH3 is 2. The van der Waals surface area contributed by atoms with Crippen molar-refractivity contribution in [1.29, 1.82) is 0 Å². The van der Waals surface area contributed by atoms with Crippen LogP contribution in [0.5, 0.6) is 11.5 Å². The van der Waals surface area contributed by atoms with Crippen LogP contribution in [0.2, 0.25) is 0 Å². The molecule has 0 spiro atoms. The molecule has 0 saturated heterocycles. The van der Waals surface area contributed by atoms with Crippen LogP contribution in [0.4, 0.5) is 17.3 Å². The predicted octanol–water partition coefficient (Wildman–Crippen LogP) is 4.51. The highest BCUT2D eigenvalue weighted by atomic mass is 16.5. The largest absolute Gasteiger partial charge is 0.493 e. The molecular formula is C23H24N4O3. The van der Waals surface area contributed by atoms with E-state index in [1.54, 1.807) is 32.4 Å². The van der Waals surface area contributed by atoms with E-state index in [0.717, 1.165) is 22.6 Å². The van der Waals surface area contributed by atoms with Gasteiger partial charge in [-0.2, -0.15) is 0 Å². The Balaban J connectivity index is 1.67. The molecule has 0 atom stereocenters. The molecule has 0 saturated carbocycles. The molecule has 0 radical (unpaired) electrons. The van der Waals surface area contributed by atoms with Crippen LogP contribution in [-0.2, 0) is 4.79 Å². The van der Waals surface area contributed by atoms with Crippen LogP contribution in [0.15, 0.2) is 54.6 Å². The maximum absolute atomic E-state index is 12.3. The first-order valence-corrected chi connectivity index (χ1v) is 9.37. The van der Waals surface area contributed by atoms with Crippen LogP contribution in [0.1, 0.15) is 17.0 Å². The highest BCUT2D eigenvalue weighted by Gasteiger charge is 2.05. The molecule has 1 aromatic heterocycles. The van der Waals surface area contributed by atoms with E-state index < -0.39 is 0 Å². The molecule has 2 aromatic carbocycles. The van der Waals surface area contributed by atoms with E-state index in [0.29, 0.717) is 23.1 Å². The molecule has 0 aliphatic rings. The number of hydrogen-bond acceptors (Lipinski definition) is 6.